The van der Waals surface area contributed by atoms with Crippen LogP contribution in [0.1, 0.15) is 25.3 Å². The molecule has 0 radical (unpaired) electrons. The predicted octanol–water partition coefficient (Wildman–Crippen LogP) is 2.55. The number of nitro benzene ring substituents is 1. The summed E-state index contributed by atoms with van der Waals surface area (Å²) in [5.41, 5.74) is 0.0747. The minimum absolute atomic E-state index is 0.0145. The largest absolute Gasteiger partial charge is 0.475 e. The van der Waals surface area contributed by atoms with E-state index in [0.29, 0.717) is 30.0 Å². The van der Waals surface area contributed by atoms with Crippen molar-refractivity contribution in [2.75, 3.05) is 6.54 Å². The molecule has 0 N–H and O–H groups in total. The Morgan fingerprint density at radius 2 is 2.08 bits per heavy atom. The lowest BCUT2D eigenvalue weighted by molar-refractivity contribution is -0.384. The van der Waals surface area contributed by atoms with Crippen LogP contribution in [0.4, 0.5) is 5.69 Å². The number of hydrogen-bond donors (Lipinski definition) is 0. The fourth-order valence-electron chi connectivity index (χ4n) is 3.29. The molecule has 8 nitrogen and oxygen atoms in total. The molecule has 25 heavy (non-hydrogen) atoms. The number of amides is 1. The highest BCUT2D eigenvalue weighted by Gasteiger charge is 2.45. The number of non-ortho nitro benzene ring substituents is 1. The Labute approximate surface area is 143 Å². The van der Waals surface area contributed by atoms with Gasteiger partial charge in [0.05, 0.1) is 10.6 Å². The molecule has 1 aromatic rings. The van der Waals surface area contributed by atoms with E-state index in [1.54, 1.807) is 24.0 Å². The molecule has 1 amide bonds. The van der Waals surface area contributed by atoms with E-state index in [1.807, 2.05) is 0 Å². The van der Waals surface area contributed by atoms with Gasteiger partial charge in [-0.2, -0.15) is 0 Å². The summed E-state index contributed by atoms with van der Waals surface area (Å²) < 4.78 is 16.9. The second-order valence-electron chi connectivity index (χ2n) is 6.28. The lowest BCUT2D eigenvalue weighted by Gasteiger charge is -2.38. The second-order valence-corrected chi connectivity index (χ2v) is 6.28. The number of likely N-dealkylation sites (tertiary alicyclic amines) is 1. The van der Waals surface area contributed by atoms with Crippen LogP contribution in [-0.2, 0) is 14.3 Å². The molecule has 0 saturated carbocycles. The normalized spacial score (nSPS) is 25.1. The molecular formula is C17H16N2O6. The van der Waals surface area contributed by atoms with Gasteiger partial charge in [0.2, 0.25) is 5.91 Å². The summed E-state index contributed by atoms with van der Waals surface area (Å²) in [6.07, 6.45) is 5.11. The van der Waals surface area contributed by atoms with Crippen molar-refractivity contribution in [1.82, 2.24) is 4.90 Å². The second kappa shape index (κ2) is 5.51. The van der Waals surface area contributed by atoms with Gasteiger partial charge in [-0.3, -0.25) is 14.9 Å². The maximum atomic E-state index is 12.3. The van der Waals surface area contributed by atoms with Crippen LogP contribution in [0, 0.1) is 10.1 Å². The smallest absolute Gasteiger partial charge is 0.282 e. The molecule has 1 saturated heterocycles. The van der Waals surface area contributed by atoms with Crippen molar-refractivity contribution >= 4 is 17.3 Å². The standard InChI is InChI=1S/C17H16N2O6/c1-17(16-23-7-8-24-16)10-13(18-6-2-3-15(18)20)12-9-11(19(21)22)4-5-14(12)25-17/h4-5,7-10,16H,2-3,6H2,1H3. The van der Waals surface area contributed by atoms with Crippen LogP contribution in [0.5, 0.6) is 5.75 Å². The quantitative estimate of drug-likeness (QED) is 0.618. The van der Waals surface area contributed by atoms with E-state index >= 15 is 0 Å². The first kappa shape index (κ1) is 15.5. The summed E-state index contributed by atoms with van der Waals surface area (Å²) in [6.45, 7) is 2.35. The highest BCUT2D eigenvalue weighted by atomic mass is 16.7. The van der Waals surface area contributed by atoms with Gasteiger partial charge in [0.1, 0.15) is 18.3 Å². The number of nitrogens with zero attached hydrogens (tertiary/aromatic N) is 2. The third-order valence-corrected chi connectivity index (χ3v) is 4.50. The van der Waals surface area contributed by atoms with Gasteiger partial charge in [-0.15, -0.1) is 0 Å². The monoisotopic (exact) mass is 344 g/mol. The molecule has 3 aliphatic rings. The number of rotatable bonds is 3. The Kier molecular flexibility index (Phi) is 3.41. The lowest BCUT2D eigenvalue weighted by Crippen LogP contribution is -2.46. The van der Waals surface area contributed by atoms with Crippen molar-refractivity contribution < 1.29 is 23.9 Å². The van der Waals surface area contributed by atoms with Crippen LogP contribution in [0.2, 0.25) is 0 Å². The summed E-state index contributed by atoms with van der Waals surface area (Å²) in [7, 11) is 0. The van der Waals surface area contributed by atoms with Crippen molar-refractivity contribution in [2.45, 2.75) is 31.7 Å². The van der Waals surface area contributed by atoms with Crippen molar-refractivity contribution in [1.29, 1.82) is 0 Å². The molecule has 1 fully saturated rings. The number of hydrogen-bond acceptors (Lipinski definition) is 6. The van der Waals surface area contributed by atoms with E-state index in [-0.39, 0.29) is 11.6 Å². The Morgan fingerprint density at radius 3 is 2.72 bits per heavy atom. The maximum absolute atomic E-state index is 12.3. The summed E-state index contributed by atoms with van der Waals surface area (Å²) in [4.78, 5) is 24.6. The van der Waals surface area contributed by atoms with E-state index in [1.165, 1.54) is 24.7 Å². The molecule has 0 spiro atoms. The fraction of sp³-hybridized carbons (Fsp3) is 0.353. The molecule has 0 aromatic heterocycles. The summed E-state index contributed by atoms with van der Waals surface area (Å²) in [6, 6.07) is 4.35. The van der Waals surface area contributed by atoms with Crippen LogP contribution in [0.15, 0.2) is 36.8 Å². The van der Waals surface area contributed by atoms with Gasteiger partial charge in [0.15, 0.2) is 5.60 Å². The highest BCUT2D eigenvalue weighted by Crippen LogP contribution is 2.43. The van der Waals surface area contributed by atoms with Crippen molar-refractivity contribution in [3.63, 3.8) is 0 Å². The first-order valence-electron chi connectivity index (χ1n) is 7.95. The van der Waals surface area contributed by atoms with Gasteiger partial charge in [0.25, 0.3) is 12.0 Å². The molecule has 1 unspecified atom stereocenters. The van der Waals surface area contributed by atoms with Crippen LogP contribution in [0.3, 0.4) is 0 Å². The summed E-state index contributed by atoms with van der Waals surface area (Å²) >= 11 is 0. The topological polar surface area (TPSA) is 91.1 Å². The fourth-order valence-corrected chi connectivity index (χ4v) is 3.29. The summed E-state index contributed by atoms with van der Waals surface area (Å²) in [5, 5.41) is 11.1. The van der Waals surface area contributed by atoms with E-state index in [4.69, 9.17) is 14.2 Å². The minimum atomic E-state index is -0.981. The van der Waals surface area contributed by atoms with Crippen molar-refractivity contribution in [3.8, 4) is 5.75 Å². The Balaban J connectivity index is 1.83. The van der Waals surface area contributed by atoms with E-state index in [0.717, 1.165) is 6.42 Å². The number of nitro groups is 1. The molecule has 0 bridgehead atoms. The molecule has 0 aliphatic carbocycles. The van der Waals surface area contributed by atoms with Crippen LogP contribution in [0.25, 0.3) is 5.70 Å². The molecule has 3 aliphatic heterocycles. The average Bonchev–Trinajstić information content (AvgIpc) is 3.25. The van der Waals surface area contributed by atoms with E-state index in [9.17, 15) is 14.9 Å². The molecule has 1 aromatic carbocycles. The zero-order valence-corrected chi connectivity index (χ0v) is 13.5. The highest BCUT2D eigenvalue weighted by molar-refractivity contribution is 5.90. The SMILES string of the molecule is CC1(C2OC=CO2)C=C(N2CCCC2=O)c2cc([N+](=O)[O-])ccc2O1. The van der Waals surface area contributed by atoms with Crippen molar-refractivity contribution in [3.05, 3.63) is 52.5 Å². The Bertz CT molecular complexity index is 809. The van der Waals surface area contributed by atoms with Gasteiger partial charge in [-0.25, -0.2) is 0 Å². The third kappa shape index (κ3) is 2.50. The van der Waals surface area contributed by atoms with Gasteiger partial charge in [-0.05, 0) is 25.5 Å². The minimum Gasteiger partial charge on any atom is -0.475 e. The predicted molar refractivity (Wildman–Crippen MR) is 86.2 cm³/mol. The van der Waals surface area contributed by atoms with Gasteiger partial charge in [0, 0.05) is 30.7 Å². The Morgan fingerprint density at radius 1 is 1.32 bits per heavy atom. The van der Waals surface area contributed by atoms with Crippen LogP contribution in [-0.4, -0.2) is 34.2 Å². The van der Waals surface area contributed by atoms with E-state index < -0.39 is 16.8 Å². The number of fused-ring (bicyclic) bond motifs is 1. The zero-order chi connectivity index (χ0) is 17.6. The molecular weight excluding hydrogens is 328 g/mol. The number of ether oxygens (including phenoxy) is 3. The van der Waals surface area contributed by atoms with Crippen molar-refractivity contribution in [2.24, 2.45) is 0 Å². The van der Waals surface area contributed by atoms with Crippen LogP contribution < -0.4 is 4.74 Å². The first-order valence-corrected chi connectivity index (χ1v) is 7.95. The zero-order valence-electron chi connectivity index (χ0n) is 13.5. The molecule has 8 heteroatoms. The van der Waals surface area contributed by atoms with Gasteiger partial charge in [-0.1, -0.05) is 0 Å². The third-order valence-electron chi connectivity index (χ3n) is 4.50. The number of carbonyl (C=O) groups is 1. The van der Waals surface area contributed by atoms with E-state index in [2.05, 4.69) is 0 Å². The van der Waals surface area contributed by atoms with Gasteiger partial charge >= 0.3 is 0 Å². The van der Waals surface area contributed by atoms with Crippen LogP contribution >= 0.6 is 0 Å². The molecule has 3 heterocycles. The molecule has 1 atom stereocenters. The number of benzene rings is 1. The molecule has 4 rings (SSSR count). The average molecular weight is 344 g/mol. The first-order chi connectivity index (χ1) is 12.0. The molecule has 130 valence electrons. The maximum Gasteiger partial charge on any atom is 0.282 e. The number of carbonyl (C=O) groups excluding carboxylic acids is 1. The summed E-state index contributed by atoms with van der Waals surface area (Å²) in [5.74, 6) is 0.434. The van der Waals surface area contributed by atoms with Gasteiger partial charge < -0.3 is 19.1 Å². The lowest BCUT2D eigenvalue weighted by atomic mass is 9.95. The Hall–Kier alpha value is -3.03.